The Kier molecular flexibility index (Phi) is 2.38. The van der Waals surface area contributed by atoms with Crippen molar-refractivity contribution in [1.29, 1.82) is 0 Å². The molecule has 1 heterocycles. The molecule has 0 aliphatic carbocycles. The average molecular weight is 154 g/mol. The molecule has 60 valence electrons. The molecule has 0 radical (unpaired) electrons. The van der Waals surface area contributed by atoms with Gasteiger partial charge in [-0.05, 0) is 6.92 Å². The van der Waals surface area contributed by atoms with Gasteiger partial charge in [-0.15, -0.1) is 0 Å². The van der Waals surface area contributed by atoms with E-state index in [1.165, 1.54) is 13.1 Å². The highest BCUT2D eigenvalue weighted by Crippen LogP contribution is 1.99. The first kappa shape index (κ1) is 7.94. The van der Waals surface area contributed by atoms with Gasteiger partial charge in [0.05, 0.1) is 5.57 Å². The predicted molar refractivity (Wildman–Crippen MR) is 41.2 cm³/mol. The van der Waals surface area contributed by atoms with Crippen LogP contribution in [0.5, 0.6) is 0 Å². The van der Waals surface area contributed by atoms with E-state index in [9.17, 15) is 4.79 Å². The topological polar surface area (TPSA) is 50.7 Å². The van der Waals surface area contributed by atoms with Crippen molar-refractivity contribution in [3.63, 3.8) is 0 Å². The largest absolute Gasteiger partial charge is 0.347 e. The number of rotatable bonds is 2. The number of ether oxygens (including phenoxy) is 1. The summed E-state index contributed by atoms with van der Waals surface area (Å²) >= 11 is 0. The van der Waals surface area contributed by atoms with E-state index in [0.717, 1.165) is 0 Å². The molecule has 0 fully saturated rings. The van der Waals surface area contributed by atoms with Gasteiger partial charge in [0.1, 0.15) is 0 Å². The Morgan fingerprint density at radius 3 is 2.91 bits per heavy atom. The smallest absolute Gasteiger partial charge is 0.224 e. The number of methoxy groups -OCH3 is 1. The number of hydrogen-bond acceptors (Lipinski definition) is 4. The van der Waals surface area contributed by atoms with Crippen LogP contribution in [0, 0.1) is 0 Å². The Bertz CT molecular complexity index is 220. The number of hydrogen-bond donors (Lipinski definition) is 1. The van der Waals surface area contributed by atoms with E-state index in [1.54, 1.807) is 13.3 Å². The number of nitrogens with zero attached hydrogens (tertiary/aromatic N) is 1. The summed E-state index contributed by atoms with van der Waals surface area (Å²) in [4.78, 5) is 14.7. The molecule has 0 aromatic carbocycles. The van der Waals surface area contributed by atoms with E-state index in [4.69, 9.17) is 4.74 Å². The SMILES string of the molecule is COC1N=CC(C(C)=O)=CN1. The van der Waals surface area contributed by atoms with Crippen LogP contribution in [0.25, 0.3) is 0 Å². The third-order valence-electron chi connectivity index (χ3n) is 1.36. The highest BCUT2D eigenvalue weighted by molar-refractivity contribution is 6.12. The van der Waals surface area contributed by atoms with Crippen molar-refractivity contribution in [3.05, 3.63) is 11.8 Å². The Morgan fingerprint density at radius 1 is 1.82 bits per heavy atom. The molecule has 0 bridgehead atoms. The van der Waals surface area contributed by atoms with E-state index in [-0.39, 0.29) is 12.1 Å². The Hall–Kier alpha value is -1.16. The molecule has 0 amide bonds. The van der Waals surface area contributed by atoms with Gasteiger partial charge in [-0.25, -0.2) is 4.99 Å². The van der Waals surface area contributed by atoms with Crippen molar-refractivity contribution in [2.45, 2.75) is 13.3 Å². The van der Waals surface area contributed by atoms with Crippen LogP contribution in [0.1, 0.15) is 6.92 Å². The van der Waals surface area contributed by atoms with Gasteiger partial charge < -0.3 is 10.1 Å². The predicted octanol–water partition coefficient (Wildman–Crippen LogP) is 0.0633. The van der Waals surface area contributed by atoms with Crippen molar-refractivity contribution in [2.24, 2.45) is 4.99 Å². The van der Waals surface area contributed by atoms with Gasteiger partial charge in [-0.3, -0.25) is 4.79 Å². The number of aliphatic imine (C=N–C) groups is 1. The van der Waals surface area contributed by atoms with Gasteiger partial charge >= 0.3 is 0 Å². The van der Waals surface area contributed by atoms with Crippen LogP contribution in [0.15, 0.2) is 16.8 Å². The molecule has 0 aromatic heterocycles. The summed E-state index contributed by atoms with van der Waals surface area (Å²) in [6.45, 7) is 1.49. The first-order valence-corrected chi connectivity index (χ1v) is 3.27. The quantitative estimate of drug-likeness (QED) is 0.612. The fraction of sp³-hybridized carbons (Fsp3) is 0.429. The second kappa shape index (κ2) is 3.30. The fourth-order valence-electron chi connectivity index (χ4n) is 0.711. The van der Waals surface area contributed by atoms with Gasteiger partial charge in [0.25, 0.3) is 0 Å². The summed E-state index contributed by atoms with van der Waals surface area (Å²) in [6.07, 6.45) is 2.76. The summed E-state index contributed by atoms with van der Waals surface area (Å²) < 4.78 is 4.85. The van der Waals surface area contributed by atoms with Crippen LogP contribution in [-0.4, -0.2) is 25.5 Å². The highest BCUT2D eigenvalue weighted by Gasteiger charge is 2.08. The second-order valence-corrected chi connectivity index (χ2v) is 2.19. The number of ketones is 1. The number of allylic oxidation sites excluding steroid dienone is 1. The third kappa shape index (κ3) is 1.88. The second-order valence-electron chi connectivity index (χ2n) is 2.19. The van der Waals surface area contributed by atoms with Gasteiger partial charge in [-0.2, -0.15) is 0 Å². The fourth-order valence-corrected chi connectivity index (χ4v) is 0.711. The Morgan fingerprint density at radius 2 is 2.55 bits per heavy atom. The number of nitrogens with one attached hydrogen (secondary N) is 1. The maximum Gasteiger partial charge on any atom is 0.224 e. The number of Topliss-reactive ketones (excluding diaryl/α,β-unsaturated/α-hetero) is 1. The van der Waals surface area contributed by atoms with Crippen LogP contribution in [-0.2, 0) is 9.53 Å². The normalized spacial score (nSPS) is 22.4. The summed E-state index contributed by atoms with van der Waals surface area (Å²) in [5.41, 5.74) is 0.568. The molecule has 1 unspecified atom stereocenters. The molecule has 1 N–H and O–H groups in total. The van der Waals surface area contributed by atoms with Crippen molar-refractivity contribution in [3.8, 4) is 0 Å². The monoisotopic (exact) mass is 154 g/mol. The minimum atomic E-state index is -0.349. The van der Waals surface area contributed by atoms with Crippen LogP contribution in [0.3, 0.4) is 0 Å². The van der Waals surface area contributed by atoms with E-state index in [1.807, 2.05) is 0 Å². The molecule has 0 spiro atoms. The highest BCUT2D eigenvalue weighted by atomic mass is 16.5. The number of carbonyl (C=O) groups excluding carboxylic acids is 1. The van der Waals surface area contributed by atoms with Crippen molar-refractivity contribution < 1.29 is 9.53 Å². The molecule has 1 aliphatic heterocycles. The molecular formula is C7H10N2O2. The molecule has 11 heavy (non-hydrogen) atoms. The average Bonchev–Trinajstić information content (AvgIpc) is 2.05. The standard InChI is InChI=1S/C7H10N2O2/c1-5(10)6-3-8-7(11-2)9-4-6/h3-4,7-8H,1-2H3. The van der Waals surface area contributed by atoms with E-state index in [0.29, 0.717) is 5.57 Å². The molecule has 1 aliphatic rings. The molecule has 0 aromatic rings. The summed E-state index contributed by atoms with van der Waals surface area (Å²) in [7, 11) is 1.54. The minimum Gasteiger partial charge on any atom is -0.347 e. The van der Waals surface area contributed by atoms with E-state index >= 15 is 0 Å². The van der Waals surface area contributed by atoms with E-state index < -0.39 is 0 Å². The van der Waals surface area contributed by atoms with Gasteiger partial charge in [0.15, 0.2) is 5.78 Å². The lowest BCUT2D eigenvalue weighted by Gasteiger charge is -2.14. The van der Waals surface area contributed by atoms with Crippen molar-refractivity contribution in [2.75, 3.05) is 7.11 Å². The zero-order valence-corrected chi connectivity index (χ0v) is 6.50. The first-order chi connectivity index (χ1) is 5.24. The molecular weight excluding hydrogens is 144 g/mol. The molecule has 0 saturated carbocycles. The first-order valence-electron chi connectivity index (χ1n) is 3.27. The zero-order valence-electron chi connectivity index (χ0n) is 6.50. The molecule has 1 atom stereocenters. The zero-order chi connectivity index (χ0) is 8.27. The minimum absolute atomic E-state index is 0.00389. The lowest BCUT2D eigenvalue weighted by atomic mass is 10.2. The summed E-state index contributed by atoms with van der Waals surface area (Å²) in [5, 5.41) is 2.80. The maximum absolute atomic E-state index is 10.8. The lowest BCUT2D eigenvalue weighted by molar-refractivity contribution is -0.113. The third-order valence-corrected chi connectivity index (χ3v) is 1.36. The summed E-state index contributed by atoms with van der Waals surface area (Å²) in [5.74, 6) is -0.00389. The van der Waals surface area contributed by atoms with Crippen LogP contribution >= 0.6 is 0 Å². The molecule has 0 saturated heterocycles. The summed E-state index contributed by atoms with van der Waals surface area (Å²) in [6, 6.07) is 0. The van der Waals surface area contributed by atoms with Gasteiger partial charge in [0.2, 0.25) is 6.35 Å². The number of carbonyl (C=O) groups is 1. The Labute approximate surface area is 65.0 Å². The molecule has 1 rings (SSSR count). The molecule has 4 heteroatoms. The van der Waals surface area contributed by atoms with Crippen molar-refractivity contribution in [1.82, 2.24) is 5.32 Å². The van der Waals surface area contributed by atoms with E-state index in [2.05, 4.69) is 10.3 Å². The van der Waals surface area contributed by atoms with Crippen molar-refractivity contribution >= 4 is 12.0 Å². The van der Waals surface area contributed by atoms with Crippen LogP contribution < -0.4 is 5.32 Å². The Balaban J connectivity index is 2.60. The van der Waals surface area contributed by atoms with Crippen LogP contribution in [0.4, 0.5) is 0 Å². The molecule has 4 nitrogen and oxygen atoms in total. The van der Waals surface area contributed by atoms with Gasteiger partial charge in [0, 0.05) is 19.5 Å². The lowest BCUT2D eigenvalue weighted by Crippen LogP contribution is -2.28. The van der Waals surface area contributed by atoms with Gasteiger partial charge in [-0.1, -0.05) is 0 Å². The maximum atomic E-state index is 10.8. The van der Waals surface area contributed by atoms with Crippen LogP contribution in [0.2, 0.25) is 0 Å².